The van der Waals surface area contributed by atoms with E-state index >= 15 is 0 Å². The predicted molar refractivity (Wildman–Crippen MR) is 94.8 cm³/mol. The fourth-order valence-electron chi connectivity index (χ4n) is 1.87. The molecule has 1 aromatic carbocycles. The minimum atomic E-state index is -4.59. The highest BCUT2D eigenvalue weighted by Crippen LogP contribution is 2.29. The maximum absolute atomic E-state index is 12.1. The maximum atomic E-state index is 12.1. The third-order valence-electron chi connectivity index (χ3n) is 3.11. The number of urea groups is 1. The van der Waals surface area contributed by atoms with Crippen molar-refractivity contribution in [2.45, 2.75) is 13.1 Å². The molecule has 1 rings (SSSR count). The average Bonchev–Trinajstić information content (AvgIpc) is 2.55. The largest absolute Gasteiger partial charge is 0.405 e. The van der Waals surface area contributed by atoms with Gasteiger partial charge in [0, 0.05) is 0 Å². The van der Waals surface area contributed by atoms with E-state index in [0.29, 0.717) is 0 Å². The number of nitrogens with zero attached hydrogens (tertiary/aromatic N) is 1. The summed E-state index contributed by atoms with van der Waals surface area (Å²) in [6.07, 6.45) is -4.59. The molecule has 0 aliphatic heterocycles. The van der Waals surface area contributed by atoms with E-state index in [2.05, 4.69) is 5.32 Å². The molecule has 1 aromatic rings. The number of carbonyl (C=O) groups excluding carboxylic acids is 3. The first-order chi connectivity index (χ1) is 12.5. The lowest BCUT2D eigenvalue weighted by Gasteiger charge is -2.19. The van der Waals surface area contributed by atoms with Crippen LogP contribution in [0.25, 0.3) is 0 Å². The Morgan fingerprint density at radius 2 is 1.63 bits per heavy atom. The Labute approximate surface area is 163 Å². The Kier molecular flexibility index (Phi) is 8.80. The standard InChI is InChI=1S/C15H17Cl2F3N4O3/c1-2-24(7-12(26)23-14(27)21-8-15(18,19)20)6-11(25)22-13-9(16)4-3-5-10(13)17/h3-5H,2,6-8H2,1H3,(H,22,25)(H2,21,23,26,27). The van der Waals surface area contributed by atoms with Gasteiger partial charge in [0.25, 0.3) is 0 Å². The fourth-order valence-corrected chi connectivity index (χ4v) is 2.36. The van der Waals surface area contributed by atoms with Crippen LogP contribution in [0.1, 0.15) is 6.92 Å². The summed E-state index contributed by atoms with van der Waals surface area (Å²) in [7, 11) is 0. The van der Waals surface area contributed by atoms with Crippen molar-refractivity contribution < 1.29 is 27.6 Å². The molecule has 12 heteroatoms. The van der Waals surface area contributed by atoms with Crippen molar-refractivity contribution in [3.05, 3.63) is 28.2 Å². The quantitative estimate of drug-likeness (QED) is 0.622. The molecule has 150 valence electrons. The van der Waals surface area contributed by atoms with Crippen LogP contribution >= 0.6 is 23.2 Å². The van der Waals surface area contributed by atoms with Gasteiger partial charge in [0.15, 0.2) is 0 Å². The average molecular weight is 429 g/mol. The Morgan fingerprint density at radius 1 is 1.07 bits per heavy atom. The summed E-state index contributed by atoms with van der Waals surface area (Å²) >= 11 is 11.9. The summed E-state index contributed by atoms with van der Waals surface area (Å²) in [5.74, 6) is -1.37. The van der Waals surface area contributed by atoms with Crippen molar-refractivity contribution >= 4 is 46.7 Å². The van der Waals surface area contributed by atoms with Crippen molar-refractivity contribution in [3.8, 4) is 0 Å². The van der Waals surface area contributed by atoms with Crippen molar-refractivity contribution in [1.82, 2.24) is 15.5 Å². The summed E-state index contributed by atoms with van der Waals surface area (Å²) in [4.78, 5) is 36.4. The van der Waals surface area contributed by atoms with E-state index in [9.17, 15) is 27.6 Å². The van der Waals surface area contributed by atoms with E-state index in [1.807, 2.05) is 0 Å². The van der Waals surface area contributed by atoms with E-state index in [1.54, 1.807) is 18.3 Å². The van der Waals surface area contributed by atoms with Gasteiger partial charge in [0.2, 0.25) is 11.8 Å². The van der Waals surface area contributed by atoms with Gasteiger partial charge in [0.05, 0.1) is 28.8 Å². The minimum absolute atomic E-state index is 0.220. The molecule has 0 saturated heterocycles. The van der Waals surface area contributed by atoms with Crippen LogP contribution in [0.3, 0.4) is 0 Å². The van der Waals surface area contributed by atoms with Gasteiger partial charge in [-0.2, -0.15) is 13.2 Å². The third kappa shape index (κ3) is 8.94. The Morgan fingerprint density at radius 3 is 2.15 bits per heavy atom. The zero-order valence-electron chi connectivity index (χ0n) is 14.1. The maximum Gasteiger partial charge on any atom is 0.405 e. The minimum Gasteiger partial charge on any atom is -0.329 e. The number of benzene rings is 1. The van der Waals surface area contributed by atoms with Crippen molar-refractivity contribution in [1.29, 1.82) is 0 Å². The number of hydrogen-bond acceptors (Lipinski definition) is 4. The van der Waals surface area contributed by atoms with Crippen LogP contribution < -0.4 is 16.0 Å². The second-order valence-corrected chi connectivity index (χ2v) is 6.11. The number of carbonyl (C=O) groups is 3. The van der Waals surface area contributed by atoms with Gasteiger partial charge in [-0.1, -0.05) is 36.2 Å². The van der Waals surface area contributed by atoms with Crippen molar-refractivity contribution in [2.75, 3.05) is 31.5 Å². The molecular weight excluding hydrogens is 412 g/mol. The van der Waals surface area contributed by atoms with Gasteiger partial charge in [-0.05, 0) is 18.7 Å². The molecule has 0 spiro atoms. The smallest absolute Gasteiger partial charge is 0.329 e. The number of halogens is 5. The van der Waals surface area contributed by atoms with E-state index in [4.69, 9.17) is 23.2 Å². The summed E-state index contributed by atoms with van der Waals surface area (Å²) in [5.41, 5.74) is 0.220. The highest BCUT2D eigenvalue weighted by Gasteiger charge is 2.28. The Balaban J connectivity index is 2.52. The molecule has 0 aliphatic carbocycles. The number of hydrogen-bond donors (Lipinski definition) is 3. The van der Waals surface area contributed by atoms with Gasteiger partial charge >= 0.3 is 12.2 Å². The molecule has 27 heavy (non-hydrogen) atoms. The second-order valence-electron chi connectivity index (χ2n) is 5.29. The van der Waals surface area contributed by atoms with E-state index in [-0.39, 0.29) is 35.4 Å². The van der Waals surface area contributed by atoms with Gasteiger partial charge < -0.3 is 10.6 Å². The van der Waals surface area contributed by atoms with Crippen LogP contribution in [0.2, 0.25) is 10.0 Å². The Bertz CT molecular complexity index is 681. The molecule has 3 N–H and O–H groups in total. The lowest BCUT2D eigenvalue weighted by Crippen LogP contribution is -2.47. The van der Waals surface area contributed by atoms with Crippen LogP contribution in [0.5, 0.6) is 0 Å². The number of para-hydroxylation sites is 1. The molecule has 0 aliphatic rings. The van der Waals surface area contributed by atoms with Crippen molar-refractivity contribution in [2.24, 2.45) is 0 Å². The number of alkyl halides is 3. The fraction of sp³-hybridized carbons (Fsp3) is 0.400. The second kappa shape index (κ2) is 10.3. The molecule has 0 heterocycles. The van der Waals surface area contributed by atoms with Crippen LogP contribution in [-0.2, 0) is 9.59 Å². The lowest BCUT2D eigenvalue weighted by atomic mass is 10.3. The van der Waals surface area contributed by atoms with Gasteiger partial charge in [-0.15, -0.1) is 0 Å². The molecular formula is C15H17Cl2F3N4O3. The monoisotopic (exact) mass is 428 g/mol. The first-order valence-electron chi connectivity index (χ1n) is 7.62. The molecule has 0 fully saturated rings. The number of nitrogens with one attached hydrogen (secondary N) is 3. The van der Waals surface area contributed by atoms with Crippen LogP contribution in [0.15, 0.2) is 18.2 Å². The molecule has 0 atom stereocenters. The molecule has 0 radical (unpaired) electrons. The van der Waals surface area contributed by atoms with E-state index in [0.717, 1.165) is 0 Å². The number of anilines is 1. The first-order valence-corrected chi connectivity index (χ1v) is 8.38. The topological polar surface area (TPSA) is 90.5 Å². The zero-order chi connectivity index (χ0) is 20.6. The SMILES string of the molecule is CCN(CC(=O)NC(=O)NCC(F)(F)F)CC(=O)Nc1c(Cl)cccc1Cl. The molecule has 0 unspecified atom stereocenters. The molecule has 7 nitrogen and oxygen atoms in total. The van der Waals surface area contributed by atoms with Gasteiger partial charge in [0.1, 0.15) is 6.54 Å². The normalized spacial score (nSPS) is 11.2. The summed E-state index contributed by atoms with van der Waals surface area (Å²) in [5, 5.41) is 6.24. The van der Waals surface area contributed by atoms with Gasteiger partial charge in [-0.3, -0.25) is 19.8 Å². The number of likely N-dealkylation sites (N-methyl/N-ethyl adjacent to an activating group) is 1. The predicted octanol–water partition coefficient (Wildman–Crippen LogP) is 2.64. The molecule has 4 amide bonds. The van der Waals surface area contributed by atoms with Crippen LogP contribution in [0.4, 0.5) is 23.7 Å². The third-order valence-corrected chi connectivity index (χ3v) is 3.74. The number of imide groups is 1. The van der Waals surface area contributed by atoms with Crippen LogP contribution in [0, 0.1) is 0 Å². The molecule has 0 aromatic heterocycles. The Hall–Kier alpha value is -2.04. The van der Waals surface area contributed by atoms with Crippen molar-refractivity contribution in [3.63, 3.8) is 0 Å². The summed E-state index contributed by atoms with van der Waals surface area (Å²) in [6, 6.07) is 3.40. The molecule has 0 bridgehead atoms. The first kappa shape index (κ1) is 23.0. The highest BCUT2D eigenvalue weighted by molar-refractivity contribution is 6.39. The summed E-state index contributed by atoms with van der Waals surface area (Å²) < 4.78 is 36.0. The van der Waals surface area contributed by atoms with E-state index < -0.39 is 30.6 Å². The van der Waals surface area contributed by atoms with E-state index in [1.165, 1.54) is 22.3 Å². The number of amides is 4. The van der Waals surface area contributed by atoms with Crippen LogP contribution in [-0.4, -0.2) is 55.1 Å². The molecule has 0 saturated carbocycles. The zero-order valence-corrected chi connectivity index (χ0v) is 15.6. The summed E-state index contributed by atoms with van der Waals surface area (Å²) in [6.45, 7) is -0.242. The number of rotatable bonds is 7. The van der Waals surface area contributed by atoms with Gasteiger partial charge in [-0.25, -0.2) is 4.79 Å². The lowest BCUT2D eigenvalue weighted by molar-refractivity contribution is -0.125. The highest BCUT2D eigenvalue weighted by atomic mass is 35.5.